The predicted molar refractivity (Wildman–Crippen MR) is 69.3 cm³/mol. The lowest BCUT2D eigenvalue weighted by atomic mass is 10.2. The Morgan fingerprint density at radius 2 is 2.06 bits per heavy atom. The van der Waals surface area contributed by atoms with E-state index in [1.54, 1.807) is 6.20 Å². The molecule has 0 spiro atoms. The fraction of sp³-hybridized carbons (Fsp3) is 0.214. The van der Waals surface area contributed by atoms with E-state index in [2.05, 4.69) is 4.98 Å². The Morgan fingerprint density at radius 1 is 1.28 bits per heavy atom. The van der Waals surface area contributed by atoms with Crippen molar-refractivity contribution in [2.24, 2.45) is 5.73 Å². The van der Waals surface area contributed by atoms with E-state index in [1.807, 2.05) is 43.3 Å². The molecule has 0 radical (unpaired) electrons. The maximum Gasteiger partial charge on any atom is 0.145 e. The number of rotatable bonds is 4. The van der Waals surface area contributed by atoms with Crippen LogP contribution in [0.3, 0.4) is 0 Å². The number of para-hydroxylation sites is 1. The van der Waals surface area contributed by atoms with Crippen LogP contribution >= 0.6 is 0 Å². The van der Waals surface area contributed by atoms with Crippen LogP contribution in [-0.4, -0.2) is 10.1 Å². The summed E-state index contributed by atoms with van der Waals surface area (Å²) in [5.41, 5.74) is 7.29. The first-order chi connectivity index (χ1) is 8.70. The zero-order valence-corrected chi connectivity index (χ0v) is 10.2. The van der Waals surface area contributed by atoms with Crippen molar-refractivity contribution in [3.8, 4) is 11.5 Å². The third-order valence-corrected chi connectivity index (χ3v) is 2.60. The summed E-state index contributed by atoms with van der Waals surface area (Å²) in [7, 11) is 0. The summed E-state index contributed by atoms with van der Waals surface area (Å²) in [6.07, 6.45) is 1.63. The highest BCUT2D eigenvalue weighted by molar-refractivity contribution is 5.36. The van der Waals surface area contributed by atoms with Crippen LogP contribution in [0.5, 0.6) is 11.5 Å². The fourth-order valence-corrected chi connectivity index (χ4v) is 1.58. The first-order valence-electron chi connectivity index (χ1n) is 5.79. The lowest BCUT2D eigenvalue weighted by molar-refractivity contribution is 0.276. The molecular weight excluding hydrogens is 228 g/mol. The second-order valence-electron chi connectivity index (χ2n) is 4.08. The summed E-state index contributed by atoms with van der Waals surface area (Å²) in [5, 5.41) is 9.20. The van der Waals surface area contributed by atoms with Crippen LogP contribution < -0.4 is 10.5 Å². The third kappa shape index (κ3) is 2.85. The zero-order chi connectivity index (χ0) is 13.0. The van der Waals surface area contributed by atoms with Crippen molar-refractivity contribution in [2.45, 2.75) is 19.6 Å². The van der Waals surface area contributed by atoms with Gasteiger partial charge in [-0.2, -0.15) is 0 Å². The minimum absolute atomic E-state index is 0.0540. The molecule has 0 saturated carbocycles. The Balaban J connectivity index is 2.18. The van der Waals surface area contributed by atoms with Crippen molar-refractivity contribution in [2.75, 3.05) is 0 Å². The quantitative estimate of drug-likeness (QED) is 0.866. The molecule has 0 aliphatic heterocycles. The second kappa shape index (κ2) is 5.62. The van der Waals surface area contributed by atoms with Crippen molar-refractivity contribution in [3.05, 3.63) is 53.9 Å². The van der Waals surface area contributed by atoms with Gasteiger partial charge < -0.3 is 15.6 Å². The first-order valence-corrected chi connectivity index (χ1v) is 5.79. The number of aromatic nitrogens is 1. The van der Waals surface area contributed by atoms with Crippen LogP contribution in [0.4, 0.5) is 0 Å². The summed E-state index contributed by atoms with van der Waals surface area (Å²) >= 11 is 0. The minimum atomic E-state index is -0.0937. The van der Waals surface area contributed by atoms with Crippen molar-refractivity contribution < 1.29 is 9.84 Å². The van der Waals surface area contributed by atoms with Gasteiger partial charge >= 0.3 is 0 Å². The Hall–Kier alpha value is -1.91. The molecule has 0 saturated heterocycles. The van der Waals surface area contributed by atoms with Crippen molar-refractivity contribution in [3.63, 3.8) is 0 Å². The molecule has 4 heteroatoms. The lowest BCUT2D eigenvalue weighted by Crippen LogP contribution is -2.06. The average molecular weight is 244 g/mol. The smallest absolute Gasteiger partial charge is 0.145 e. The second-order valence-corrected chi connectivity index (χ2v) is 4.08. The fourth-order valence-electron chi connectivity index (χ4n) is 1.58. The van der Waals surface area contributed by atoms with E-state index in [4.69, 9.17) is 10.5 Å². The van der Waals surface area contributed by atoms with Crippen LogP contribution in [0, 0.1) is 0 Å². The van der Waals surface area contributed by atoms with E-state index in [0.29, 0.717) is 11.5 Å². The number of pyridine rings is 1. The zero-order valence-electron chi connectivity index (χ0n) is 10.2. The van der Waals surface area contributed by atoms with Gasteiger partial charge in [0.1, 0.15) is 11.5 Å². The summed E-state index contributed by atoms with van der Waals surface area (Å²) in [5.74, 6) is 1.26. The van der Waals surface area contributed by atoms with Gasteiger partial charge in [0.15, 0.2) is 0 Å². The highest BCUT2D eigenvalue weighted by atomic mass is 16.5. The van der Waals surface area contributed by atoms with Gasteiger partial charge in [-0.3, -0.25) is 4.98 Å². The molecule has 0 fully saturated rings. The molecule has 0 amide bonds. The van der Waals surface area contributed by atoms with Crippen LogP contribution in [0.1, 0.15) is 24.2 Å². The molecule has 94 valence electrons. The molecule has 1 aromatic carbocycles. The van der Waals surface area contributed by atoms with E-state index in [-0.39, 0.29) is 12.6 Å². The number of benzene rings is 1. The monoisotopic (exact) mass is 244 g/mol. The number of hydrogen-bond donors (Lipinski definition) is 2. The van der Waals surface area contributed by atoms with Crippen LogP contribution in [0.15, 0.2) is 42.6 Å². The van der Waals surface area contributed by atoms with Gasteiger partial charge in [-0.15, -0.1) is 0 Å². The number of nitrogens with zero attached hydrogens (tertiary/aromatic N) is 1. The van der Waals surface area contributed by atoms with E-state index >= 15 is 0 Å². The Labute approximate surface area is 106 Å². The van der Waals surface area contributed by atoms with Gasteiger partial charge in [-0.05, 0) is 25.1 Å². The number of hydrogen-bond acceptors (Lipinski definition) is 4. The highest BCUT2D eigenvalue weighted by Gasteiger charge is 2.05. The normalized spacial score (nSPS) is 12.2. The molecule has 1 atom stereocenters. The van der Waals surface area contributed by atoms with E-state index in [0.717, 1.165) is 11.3 Å². The molecule has 2 rings (SSSR count). The van der Waals surface area contributed by atoms with Gasteiger partial charge in [0, 0.05) is 11.6 Å². The molecule has 1 aromatic heterocycles. The largest absolute Gasteiger partial charge is 0.455 e. The van der Waals surface area contributed by atoms with Gasteiger partial charge in [0.25, 0.3) is 0 Å². The number of ether oxygens (including phenoxy) is 1. The van der Waals surface area contributed by atoms with Gasteiger partial charge in [-0.1, -0.05) is 18.2 Å². The standard InChI is InChI=1S/C14H16N2O2/c1-10(15)13-7-6-12(8-16-13)18-14-5-3-2-4-11(14)9-17/h2-8,10,17H,9,15H2,1H3/t10-/m1/s1. The van der Waals surface area contributed by atoms with Gasteiger partial charge in [0.05, 0.1) is 18.5 Å². The van der Waals surface area contributed by atoms with E-state index in [9.17, 15) is 5.11 Å². The molecule has 3 N–H and O–H groups in total. The lowest BCUT2D eigenvalue weighted by Gasteiger charge is -2.10. The Morgan fingerprint density at radius 3 is 2.67 bits per heavy atom. The third-order valence-electron chi connectivity index (χ3n) is 2.60. The maximum atomic E-state index is 9.20. The number of nitrogens with two attached hydrogens (primary N) is 1. The van der Waals surface area contributed by atoms with Crippen LogP contribution in [0.2, 0.25) is 0 Å². The van der Waals surface area contributed by atoms with Crippen molar-refractivity contribution in [1.29, 1.82) is 0 Å². The molecule has 4 nitrogen and oxygen atoms in total. The minimum Gasteiger partial charge on any atom is -0.455 e. The molecule has 1 heterocycles. The maximum absolute atomic E-state index is 9.20. The summed E-state index contributed by atoms with van der Waals surface area (Å²) in [6.45, 7) is 1.82. The molecule has 18 heavy (non-hydrogen) atoms. The van der Waals surface area contributed by atoms with E-state index in [1.165, 1.54) is 0 Å². The summed E-state index contributed by atoms with van der Waals surface area (Å²) in [4.78, 5) is 4.22. The van der Waals surface area contributed by atoms with Crippen molar-refractivity contribution in [1.82, 2.24) is 4.98 Å². The molecule has 0 aliphatic rings. The molecule has 0 unspecified atom stereocenters. The summed E-state index contributed by atoms with van der Waals surface area (Å²) < 4.78 is 5.67. The SMILES string of the molecule is C[C@@H](N)c1ccc(Oc2ccccc2CO)cn1. The topological polar surface area (TPSA) is 68.4 Å². The van der Waals surface area contributed by atoms with Crippen molar-refractivity contribution >= 4 is 0 Å². The Kier molecular flexibility index (Phi) is 3.92. The molecular formula is C14H16N2O2. The van der Waals surface area contributed by atoms with Crippen LogP contribution in [-0.2, 0) is 6.61 Å². The molecule has 2 aromatic rings. The average Bonchev–Trinajstić information content (AvgIpc) is 2.40. The molecule has 0 bridgehead atoms. The highest BCUT2D eigenvalue weighted by Crippen LogP contribution is 2.25. The van der Waals surface area contributed by atoms with Gasteiger partial charge in [0.2, 0.25) is 0 Å². The van der Waals surface area contributed by atoms with E-state index < -0.39 is 0 Å². The summed E-state index contributed by atoms with van der Waals surface area (Å²) in [6, 6.07) is 10.9. The Bertz CT molecular complexity index is 509. The van der Waals surface area contributed by atoms with Gasteiger partial charge in [-0.25, -0.2) is 0 Å². The first kappa shape index (κ1) is 12.5. The number of aliphatic hydroxyl groups is 1. The molecule has 0 aliphatic carbocycles. The predicted octanol–water partition coefficient (Wildman–Crippen LogP) is 2.39. The van der Waals surface area contributed by atoms with Crippen LogP contribution in [0.25, 0.3) is 0 Å². The number of aliphatic hydroxyl groups excluding tert-OH is 1.